The first-order chi connectivity index (χ1) is 16.7. The number of hydrazine groups is 1. The Hall–Kier alpha value is -3.89. The molecule has 0 fully saturated rings. The van der Waals surface area contributed by atoms with Crippen molar-refractivity contribution in [3.63, 3.8) is 0 Å². The van der Waals surface area contributed by atoms with Gasteiger partial charge in [0.05, 0.1) is 19.6 Å². The number of rotatable bonds is 6. The summed E-state index contributed by atoms with van der Waals surface area (Å²) in [7, 11) is 0. The minimum atomic E-state index is -0.998. The fourth-order valence-corrected chi connectivity index (χ4v) is 3.75. The predicted molar refractivity (Wildman–Crippen MR) is 124 cm³/mol. The van der Waals surface area contributed by atoms with E-state index < -0.39 is 28.8 Å². The molecule has 9 nitrogen and oxygen atoms in total. The third kappa shape index (κ3) is 5.13. The number of carbonyl (C=O) groups excluding carboxylic acids is 2. The Morgan fingerprint density at radius 2 is 1.83 bits per heavy atom. The summed E-state index contributed by atoms with van der Waals surface area (Å²) in [6.07, 6.45) is -0.249. The zero-order valence-electron chi connectivity index (χ0n) is 19.4. The maximum Gasteiger partial charge on any atom is 0.297 e. The van der Waals surface area contributed by atoms with Gasteiger partial charge in [-0.1, -0.05) is 42.5 Å². The van der Waals surface area contributed by atoms with Gasteiger partial charge in [0.2, 0.25) is 11.7 Å². The smallest absolute Gasteiger partial charge is 0.297 e. The first-order valence-electron chi connectivity index (χ1n) is 11.0. The Morgan fingerprint density at radius 3 is 2.51 bits per heavy atom. The number of imide groups is 1. The van der Waals surface area contributed by atoms with E-state index in [1.807, 2.05) is 30.3 Å². The molecule has 0 spiro atoms. The molecule has 0 bridgehead atoms. The number of nitrogens with two attached hydrogens (primary N) is 1. The van der Waals surface area contributed by atoms with Crippen LogP contribution in [0.5, 0.6) is 5.75 Å². The SMILES string of the molecule is CC1(C)OCCn2c1nc(C(=O)N(N)C(=O)Cc1ccc(F)cc1)c(OCc1ccccc1)c2=O. The van der Waals surface area contributed by atoms with Gasteiger partial charge in [0.1, 0.15) is 23.8 Å². The standard InChI is InChI=1S/C25H25FN4O5/c1-25(2)24-28-20(22(32)30(27)19(31)14-16-8-10-18(26)11-9-16)21(23(33)29(24)12-13-35-25)34-15-17-6-4-3-5-7-17/h3-11H,12-15,27H2,1-2H3. The van der Waals surface area contributed by atoms with Crippen molar-refractivity contribution in [3.8, 4) is 5.75 Å². The van der Waals surface area contributed by atoms with Crippen LogP contribution in [0.25, 0.3) is 0 Å². The molecule has 35 heavy (non-hydrogen) atoms. The molecule has 0 saturated carbocycles. The second kappa shape index (κ2) is 9.77. The van der Waals surface area contributed by atoms with Gasteiger partial charge in [0.25, 0.3) is 11.5 Å². The molecular weight excluding hydrogens is 455 g/mol. The van der Waals surface area contributed by atoms with Gasteiger partial charge >= 0.3 is 0 Å². The van der Waals surface area contributed by atoms with Crippen molar-refractivity contribution in [2.75, 3.05) is 6.61 Å². The van der Waals surface area contributed by atoms with Gasteiger partial charge in [-0.25, -0.2) is 20.2 Å². The van der Waals surface area contributed by atoms with Crippen LogP contribution >= 0.6 is 0 Å². The molecule has 1 aliphatic heterocycles. The van der Waals surface area contributed by atoms with Gasteiger partial charge < -0.3 is 9.47 Å². The average Bonchev–Trinajstić information content (AvgIpc) is 2.84. The molecule has 3 aromatic rings. The third-order valence-corrected chi connectivity index (χ3v) is 5.63. The monoisotopic (exact) mass is 480 g/mol. The predicted octanol–water partition coefficient (Wildman–Crippen LogP) is 2.31. The normalized spacial score (nSPS) is 14.2. The Kier molecular flexibility index (Phi) is 6.77. The van der Waals surface area contributed by atoms with E-state index >= 15 is 0 Å². The molecule has 0 aliphatic carbocycles. The maximum atomic E-state index is 13.4. The Balaban J connectivity index is 1.69. The highest BCUT2D eigenvalue weighted by molar-refractivity contribution is 6.04. The lowest BCUT2D eigenvalue weighted by Gasteiger charge is -2.33. The van der Waals surface area contributed by atoms with Crippen LogP contribution in [0.4, 0.5) is 4.39 Å². The van der Waals surface area contributed by atoms with E-state index in [1.54, 1.807) is 13.8 Å². The molecule has 4 rings (SSSR count). The van der Waals surface area contributed by atoms with Gasteiger partial charge in [-0.15, -0.1) is 0 Å². The summed E-state index contributed by atoms with van der Waals surface area (Å²) in [4.78, 5) is 43.8. The van der Waals surface area contributed by atoms with Crippen LogP contribution in [0.1, 0.15) is 41.3 Å². The van der Waals surface area contributed by atoms with E-state index in [0.29, 0.717) is 10.6 Å². The van der Waals surface area contributed by atoms with Crippen molar-refractivity contribution >= 4 is 11.8 Å². The largest absolute Gasteiger partial charge is 0.481 e. The van der Waals surface area contributed by atoms with Crippen molar-refractivity contribution in [1.82, 2.24) is 14.6 Å². The number of amides is 2. The summed E-state index contributed by atoms with van der Waals surface area (Å²) in [6, 6.07) is 14.3. The van der Waals surface area contributed by atoms with Gasteiger partial charge in [-0.3, -0.25) is 19.0 Å². The number of hydrogen-bond acceptors (Lipinski definition) is 7. The fraction of sp³-hybridized carbons (Fsp3) is 0.280. The number of benzene rings is 2. The molecule has 2 aromatic carbocycles. The summed E-state index contributed by atoms with van der Waals surface area (Å²) < 4.78 is 26.1. The maximum absolute atomic E-state index is 13.4. The first-order valence-corrected chi connectivity index (χ1v) is 11.0. The number of hydrogen-bond donors (Lipinski definition) is 1. The van der Waals surface area contributed by atoms with E-state index in [-0.39, 0.29) is 43.4 Å². The van der Waals surface area contributed by atoms with Crippen LogP contribution in [-0.2, 0) is 34.7 Å². The van der Waals surface area contributed by atoms with E-state index in [0.717, 1.165) is 5.56 Å². The molecule has 182 valence electrons. The van der Waals surface area contributed by atoms with Crippen LogP contribution in [0.3, 0.4) is 0 Å². The highest BCUT2D eigenvalue weighted by atomic mass is 19.1. The van der Waals surface area contributed by atoms with Crippen molar-refractivity contribution in [2.24, 2.45) is 5.84 Å². The van der Waals surface area contributed by atoms with Gasteiger partial charge in [-0.05, 0) is 37.1 Å². The quantitative estimate of drug-likeness (QED) is 0.327. The van der Waals surface area contributed by atoms with Crippen LogP contribution in [0.15, 0.2) is 59.4 Å². The minimum absolute atomic E-state index is 0.00533. The van der Waals surface area contributed by atoms with Crippen LogP contribution in [0.2, 0.25) is 0 Å². The van der Waals surface area contributed by atoms with Gasteiger partial charge in [0, 0.05) is 0 Å². The fourth-order valence-electron chi connectivity index (χ4n) is 3.75. The molecule has 0 saturated heterocycles. The minimum Gasteiger partial charge on any atom is -0.481 e. The number of nitrogens with zero attached hydrogens (tertiary/aromatic N) is 3. The molecule has 10 heteroatoms. The molecule has 1 aromatic heterocycles. The summed E-state index contributed by atoms with van der Waals surface area (Å²) in [5, 5.41) is 0.397. The highest BCUT2D eigenvalue weighted by Gasteiger charge is 2.36. The zero-order valence-corrected chi connectivity index (χ0v) is 19.4. The molecule has 2 heterocycles. The molecule has 1 aliphatic rings. The van der Waals surface area contributed by atoms with Gasteiger partial charge in [-0.2, -0.15) is 0 Å². The van der Waals surface area contributed by atoms with E-state index in [4.69, 9.17) is 15.3 Å². The average molecular weight is 480 g/mol. The number of fused-ring (bicyclic) bond motifs is 1. The number of ether oxygens (including phenoxy) is 2. The topological polar surface area (TPSA) is 117 Å². The van der Waals surface area contributed by atoms with Crippen molar-refractivity contribution < 1.29 is 23.5 Å². The Labute approximate surface area is 200 Å². The molecule has 2 N–H and O–H groups in total. The van der Waals surface area contributed by atoms with Crippen LogP contribution < -0.4 is 16.1 Å². The van der Waals surface area contributed by atoms with Gasteiger partial charge in [0.15, 0.2) is 5.69 Å². The number of halogens is 1. The Morgan fingerprint density at radius 1 is 1.14 bits per heavy atom. The van der Waals surface area contributed by atoms with E-state index in [2.05, 4.69) is 4.98 Å². The molecule has 0 atom stereocenters. The van der Waals surface area contributed by atoms with Crippen molar-refractivity contribution in [3.05, 3.63) is 93.4 Å². The second-order valence-electron chi connectivity index (χ2n) is 8.58. The molecule has 2 amide bonds. The van der Waals surface area contributed by atoms with E-state index in [1.165, 1.54) is 28.8 Å². The van der Waals surface area contributed by atoms with Crippen molar-refractivity contribution in [1.29, 1.82) is 0 Å². The lowest BCUT2D eigenvalue weighted by Crippen LogP contribution is -2.47. The second-order valence-corrected chi connectivity index (χ2v) is 8.58. The molecule has 0 unspecified atom stereocenters. The summed E-state index contributed by atoms with van der Waals surface area (Å²) in [5.41, 5.74) is -0.667. The molecule has 0 radical (unpaired) electrons. The molecular formula is C25H25FN4O5. The zero-order chi connectivity index (χ0) is 25.2. The summed E-state index contributed by atoms with van der Waals surface area (Å²) in [6.45, 7) is 3.97. The summed E-state index contributed by atoms with van der Waals surface area (Å²) in [5.74, 6) is 3.58. The van der Waals surface area contributed by atoms with Crippen LogP contribution in [0, 0.1) is 5.82 Å². The first kappa shape index (κ1) is 24.2. The highest BCUT2D eigenvalue weighted by Crippen LogP contribution is 2.28. The summed E-state index contributed by atoms with van der Waals surface area (Å²) >= 11 is 0. The van der Waals surface area contributed by atoms with Crippen molar-refractivity contribution in [2.45, 2.75) is 39.0 Å². The number of carbonyl (C=O) groups is 2. The Bertz CT molecular complexity index is 1310. The van der Waals surface area contributed by atoms with E-state index in [9.17, 15) is 18.8 Å². The lowest BCUT2D eigenvalue weighted by molar-refractivity contribution is -0.128. The third-order valence-electron chi connectivity index (χ3n) is 5.63. The van der Waals surface area contributed by atoms with Crippen LogP contribution in [-0.4, -0.2) is 33.0 Å². The lowest BCUT2D eigenvalue weighted by atomic mass is 10.1. The number of aromatic nitrogens is 2.